The van der Waals surface area contributed by atoms with Gasteiger partial charge in [0.05, 0.1) is 13.0 Å². The van der Waals surface area contributed by atoms with Crippen LogP contribution in [-0.4, -0.2) is 31.7 Å². The summed E-state index contributed by atoms with van der Waals surface area (Å²) in [5.74, 6) is -0.206. The Morgan fingerprint density at radius 2 is 1.62 bits per heavy atom. The third kappa shape index (κ3) is 10.2. The zero-order valence-corrected chi connectivity index (χ0v) is 21.8. The van der Waals surface area contributed by atoms with Crippen LogP contribution < -0.4 is 10.2 Å². The molecule has 2 aromatic carbocycles. The van der Waals surface area contributed by atoms with Crippen molar-refractivity contribution in [2.75, 3.05) is 24.6 Å². The molecule has 0 atom stereocenters. The molecule has 34 heavy (non-hydrogen) atoms. The summed E-state index contributed by atoms with van der Waals surface area (Å²) in [5, 5.41) is 3.08. The van der Waals surface area contributed by atoms with Gasteiger partial charge in [-0.25, -0.2) is 4.79 Å². The Kier molecular flexibility index (Phi) is 13.2. The van der Waals surface area contributed by atoms with E-state index in [2.05, 4.69) is 31.3 Å². The number of unbranched alkanes of at least 4 members (excludes halogenated alkanes) is 5. The van der Waals surface area contributed by atoms with Crippen molar-refractivity contribution in [1.29, 1.82) is 0 Å². The summed E-state index contributed by atoms with van der Waals surface area (Å²) in [7, 11) is 0. The van der Waals surface area contributed by atoms with Gasteiger partial charge in [0, 0.05) is 28.6 Å². The van der Waals surface area contributed by atoms with E-state index in [9.17, 15) is 9.59 Å². The van der Waals surface area contributed by atoms with E-state index < -0.39 is 0 Å². The summed E-state index contributed by atoms with van der Waals surface area (Å²) in [6, 6.07) is 16.1. The average molecular weight is 485 g/mol. The number of hydrogen-bond donors (Lipinski definition) is 1. The van der Waals surface area contributed by atoms with Gasteiger partial charge in [0.25, 0.3) is 0 Å². The first-order valence-electron chi connectivity index (χ1n) is 12.6. The predicted octanol–water partition coefficient (Wildman–Crippen LogP) is 7.23. The molecule has 0 aliphatic heterocycles. The lowest BCUT2D eigenvalue weighted by atomic mass is 10.1. The van der Waals surface area contributed by atoms with Crippen LogP contribution in [0.15, 0.2) is 58.3 Å². The van der Waals surface area contributed by atoms with E-state index in [0.29, 0.717) is 13.2 Å². The second kappa shape index (κ2) is 16.2. The van der Waals surface area contributed by atoms with Gasteiger partial charge in [-0.2, -0.15) is 0 Å². The molecule has 5 nitrogen and oxygen atoms in total. The Bertz CT molecular complexity index is 870. The number of nitrogens with one attached hydrogen (secondary N) is 1. The largest absolute Gasteiger partial charge is 0.466 e. The number of carbonyl (C=O) groups is 2. The zero-order valence-electron chi connectivity index (χ0n) is 21.0. The highest BCUT2D eigenvalue weighted by Crippen LogP contribution is 2.31. The smallest absolute Gasteiger partial charge is 0.321 e. The molecule has 0 aromatic heterocycles. The van der Waals surface area contributed by atoms with E-state index in [1.54, 1.807) is 11.8 Å². The molecular weight excluding hydrogens is 444 g/mol. The average Bonchev–Trinajstić information content (AvgIpc) is 2.83. The molecule has 0 spiro atoms. The molecule has 6 heteroatoms. The Balaban J connectivity index is 2.06. The molecule has 0 unspecified atom stereocenters. The molecule has 0 bridgehead atoms. The third-order valence-electron chi connectivity index (χ3n) is 5.48. The molecule has 1 N–H and O–H groups in total. The minimum Gasteiger partial charge on any atom is -0.466 e. The summed E-state index contributed by atoms with van der Waals surface area (Å²) in [6.45, 7) is 7.97. The van der Waals surface area contributed by atoms with Crippen LogP contribution >= 0.6 is 11.8 Å². The molecule has 2 amide bonds. The van der Waals surface area contributed by atoms with Crippen molar-refractivity contribution in [2.24, 2.45) is 0 Å². The molecule has 2 rings (SSSR count). The highest BCUT2D eigenvalue weighted by atomic mass is 32.2. The zero-order chi connectivity index (χ0) is 24.6. The topological polar surface area (TPSA) is 58.6 Å². The first-order valence-corrected chi connectivity index (χ1v) is 13.5. The number of anilines is 1. The number of rotatable bonds is 15. The van der Waals surface area contributed by atoms with Crippen LogP contribution in [0.2, 0.25) is 0 Å². The second-order valence-corrected chi connectivity index (χ2v) is 9.52. The van der Waals surface area contributed by atoms with Crippen LogP contribution in [0.5, 0.6) is 0 Å². The van der Waals surface area contributed by atoms with Crippen LogP contribution in [0.1, 0.15) is 71.3 Å². The fraction of sp³-hybridized carbons (Fsp3) is 0.500. The van der Waals surface area contributed by atoms with Gasteiger partial charge >= 0.3 is 12.0 Å². The fourth-order valence-corrected chi connectivity index (χ4v) is 4.46. The van der Waals surface area contributed by atoms with Gasteiger partial charge in [-0.15, -0.1) is 0 Å². The summed E-state index contributed by atoms with van der Waals surface area (Å²) in [5.41, 5.74) is 1.86. The number of esters is 1. The molecule has 0 fully saturated rings. The van der Waals surface area contributed by atoms with Gasteiger partial charge in [-0.05, 0) is 55.7 Å². The lowest BCUT2D eigenvalue weighted by molar-refractivity contribution is -0.142. The van der Waals surface area contributed by atoms with Gasteiger partial charge in [0.15, 0.2) is 0 Å². The van der Waals surface area contributed by atoms with Crippen molar-refractivity contribution in [3.05, 3.63) is 54.1 Å². The Labute approximate surface area is 209 Å². The van der Waals surface area contributed by atoms with Crippen molar-refractivity contribution in [3.8, 4) is 0 Å². The van der Waals surface area contributed by atoms with E-state index in [-0.39, 0.29) is 18.4 Å². The van der Waals surface area contributed by atoms with Crippen LogP contribution in [0.4, 0.5) is 10.5 Å². The molecule has 0 aliphatic carbocycles. The SMILES string of the molecule is CCCCCCCN(C(=O)NCCCC)c1cccc(Sc2ccc(CC(=O)OCC)cc2)c1. The number of ether oxygens (including phenoxy) is 1. The van der Waals surface area contributed by atoms with Crippen molar-refractivity contribution < 1.29 is 14.3 Å². The summed E-state index contributed by atoms with van der Waals surface area (Å²) in [4.78, 5) is 28.7. The summed E-state index contributed by atoms with van der Waals surface area (Å²) < 4.78 is 5.02. The minimum atomic E-state index is -0.206. The number of hydrogen-bond acceptors (Lipinski definition) is 4. The maximum Gasteiger partial charge on any atom is 0.321 e. The monoisotopic (exact) mass is 484 g/mol. The summed E-state index contributed by atoms with van der Waals surface area (Å²) >= 11 is 1.65. The third-order valence-corrected chi connectivity index (χ3v) is 6.48. The Hall–Kier alpha value is -2.47. The van der Waals surface area contributed by atoms with Gasteiger partial charge in [0.2, 0.25) is 0 Å². The number of amides is 2. The van der Waals surface area contributed by atoms with Gasteiger partial charge in [-0.1, -0.05) is 75.9 Å². The lowest BCUT2D eigenvalue weighted by Gasteiger charge is -2.24. The molecular formula is C28H40N2O3S. The van der Waals surface area contributed by atoms with Crippen LogP contribution in [0.3, 0.4) is 0 Å². The van der Waals surface area contributed by atoms with Crippen molar-refractivity contribution in [1.82, 2.24) is 5.32 Å². The fourth-order valence-electron chi connectivity index (χ4n) is 3.59. The predicted molar refractivity (Wildman–Crippen MR) is 142 cm³/mol. The van der Waals surface area contributed by atoms with E-state index >= 15 is 0 Å². The molecule has 186 valence electrons. The van der Waals surface area contributed by atoms with Gasteiger partial charge in [-0.3, -0.25) is 9.69 Å². The maximum absolute atomic E-state index is 13.0. The van der Waals surface area contributed by atoms with Crippen molar-refractivity contribution in [3.63, 3.8) is 0 Å². The van der Waals surface area contributed by atoms with E-state index in [0.717, 1.165) is 53.3 Å². The summed E-state index contributed by atoms with van der Waals surface area (Å²) in [6.07, 6.45) is 8.13. The molecule has 0 saturated carbocycles. The molecule has 0 aliphatic rings. The standard InChI is InChI=1S/C28H40N2O3S/c1-4-7-9-10-11-20-30(28(32)29-19-8-5-2)24-13-12-14-26(22-24)34-25-17-15-23(16-18-25)21-27(31)33-6-3/h12-18,22H,4-11,19-21H2,1-3H3,(H,29,32). The van der Waals surface area contributed by atoms with Crippen molar-refractivity contribution >= 4 is 29.4 Å². The maximum atomic E-state index is 13.0. The van der Waals surface area contributed by atoms with Crippen LogP contribution in [0.25, 0.3) is 0 Å². The van der Waals surface area contributed by atoms with Crippen LogP contribution in [0, 0.1) is 0 Å². The number of urea groups is 1. The quantitative estimate of drug-likeness (QED) is 0.214. The normalized spacial score (nSPS) is 10.7. The lowest BCUT2D eigenvalue weighted by Crippen LogP contribution is -2.41. The number of carbonyl (C=O) groups excluding carboxylic acids is 2. The minimum absolute atomic E-state index is 0.0191. The molecule has 2 aromatic rings. The van der Waals surface area contributed by atoms with E-state index in [1.807, 2.05) is 48.2 Å². The van der Waals surface area contributed by atoms with Crippen LogP contribution in [-0.2, 0) is 16.0 Å². The molecule has 0 heterocycles. The first-order chi connectivity index (χ1) is 16.6. The molecule has 0 radical (unpaired) electrons. The Morgan fingerprint density at radius 1 is 0.882 bits per heavy atom. The Morgan fingerprint density at radius 3 is 2.32 bits per heavy atom. The van der Waals surface area contributed by atoms with Crippen molar-refractivity contribution in [2.45, 2.75) is 81.9 Å². The first kappa shape index (κ1) is 27.8. The highest BCUT2D eigenvalue weighted by Gasteiger charge is 2.15. The van der Waals surface area contributed by atoms with E-state index in [1.165, 1.54) is 19.3 Å². The molecule has 0 saturated heterocycles. The second-order valence-electron chi connectivity index (χ2n) is 8.38. The number of benzene rings is 2. The van der Waals surface area contributed by atoms with Gasteiger partial charge in [0.1, 0.15) is 0 Å². The highest BCUT2D eigenvalue weighted by molar-refractivity contribution is 7.99. The van der Waals surface area contributed by atoms with Gasteiger partial charge < -0.3 is 10.1 Å². The number of nitrogens with zero attached hydrogens (tertiary/aromatic N) is 1. The van der Waals surface area contributed by atoms with E-state index in [4.69, 9.17) is 4.74 Å².